The molecule has 0 saturated carbocycles. The third-order valence-corrected chi connectivity index (χ3v) is 4.02. The summed E-state index contributed by atoms with van der Waals surface area (Å²) in [5.41, 5.74) is 22.6. The van der Waals surface area contributed by atoms with E-state index >= 15 is 0 Å². The minimum absolute atomic E-state index is 0.287. The maximum atomic E-state index is 10.3. The molecule has 0 radical (unpaired) electrons. The number of aromatic nitrogens is 1. The van der Waals surface area contributed by atoms with Gasteiger partial charge in [0.1, 0.15) is 17.4 Å². The lowest BCUT2D eigenvalue weighted by molar-refractivity contribution is -0.118. The van der Waals surface area contributed by atoms with Crippen LogP contribution in [-0.4, -0.2) is 61.5 Å². The number of benzene rings is 1. The molecule has 1 aliphatic rings. The van der Waals surface area contributed by atoms with E-state index in [9.17, 15) is 4.79 Å². The Hall–Kier alpha value is -3.20. The number of ether oxygens (including phenoxy) is 1. The molecule has 168 valence electrons. The maximum absolute atomic E-state index is 10.3. The molecule has 1 aromatic heterocycles. The van der Waals surface area contributed by atoms with E-state index in [-0.39, 0.29) is 5.82 Å². The number of anilines is 4. The second kappa shape index (κ2) is 15.7. The number of hydrogen-bond acceptors (Lipinski definition) is 8. The number of nitrogens with zero attached hydrogens (tertiary/aromatic N) is 3. The zero-order valence-electron chi connectivity index (χ0n) is 18.5. The van der Waals surface area contributed by atoms with E-state index in [0.29, 0.717) is 17.2 Å². The summed E-state index contributed by atoms with van der Waals surface area (Å²) >= 11 is 0. The fourth-order valence-electron chi connectivity index (χ4n) is 2.34. The van der Waals surface area contributed by atoms with Crippen LogP contribution in [0.4, 0.5) is 23.0 Å². The van der Waals surface area contributed by atoms with Crippen LogP contribution in [0, 0.1) is 0 Å². The highest BCUT2D eigenvalue weighted by Gasteiger charge is 2.08. The lowest BCUT2D eigenvalue weighted by Crippen LogP contribution is -2.27. The van der Waals surface area contributed by atoms with Crippen molar-refractivity contribution in [1.29, 1.82) is 0 Å². The van der Waals surface area contributed by atoms with Gasteiger partial charge in [0.2, 0.25) is 6.41 Å². The number of carbonyl (C=O) groups is 1. The van der Waals surface area contributed by atoms with Gasteiger partial charge in [-0.05, 0) is 44.3 Å². The molecule has 30 heavy (non-hydrogen) atoms. The lowest BCUT2D eigenvalue weighted by Gasteiger charge is -2.13. The van der Waals surface area contributed by atoms with E-state index in [1.54, 1.807) is 25.3 Å². The van der Waals surface area contributed by atoms with Gasteiger partial charge >= 0.3 is 0 Å². The van der Waals surface area contributed by atoms with Crippen LogP contribution in [0.3, 0.4) is 0 Å². The van der Waals surface area contributed by atoms with Crippen molar-refractivity contribution in [1.82, 2.24) is 14.8 Å². The van der Waals surface area contributed by atoms with Crippen molar-refractivity contribution in [2.45, 2.75) is 20.3 Å². The second-order valence-electron chi connectivity index (χ2n) is 6.25. The molecule has 2 heterocycles. The molecule has 1 amide bonds. The van der Waals surface area contributed by atoms with E-state index in [1.165, 1.54) is 0 Å². The molecule has 9 nitrogen and oxygen atoms in total. The van der Waals surface area contributed by atoms with Crippen molar-refractivity contribution in [3.8, 4) is 5.75 Å². The normalized spacial score (nSPS) is 13.1. The molecule has 1 saturated heterocycles. The number of nitrogens with two attached hydrogens (primary N) is 4. The summed E-state index contributed by atoms with van der Waals surface area (Å²) in [6.07, 6.45) is 2.05. The highest BCUT2D eigenvalue weighted by atomic mass is 16.5. The van der Waals surface area contributed by atoms with Gasteiger partial charge < -0.3 is 37.5 Å². The van der Waals surface area contributed by atoms with Gasteiger partial charge in [0, 0.05) is 19.6 Å². The molecule has 0 aliphatic carbocycles. The third-order valence-electron chi connectivity index (χ3n) is 4.02. The highest BCUT2D eigenvalue weighted by Crippen LogP contribution is 2.18. The molecule has 8 N–H and O–H groups in total. The van der Waals surface area contributed by atoms with Crippen LogP contribution in [0.2, 0.25) is 0 Å². The van der Waals surface area contributed by atoms with Crippen molar-refractivity contribution in [3.05, 3.63) is 36.4 Å². The monoisotopic (exact) mass is 419 g/mol. The number of amides is 1. The quantitative estimate of drug-likeness (QED) is 0.426. The first kappa shape index (κ1) is 26.8. The number of nitrogen functional groups attached to an aromatic ring is 4. The Kier molecular flexibility index (Phi) is 14.0. The summed E-state index contributed by atoms with van der Waals surface area (Å²) in [6.45, 7) is 7.94. The topological polar surface area (TPSA) is 150 Å². The standard InChI is InChI=1S/C7H14N2O.C7H9NO.C5H8N4.C2H6/c1-8-3-2-4-9(7-10)6-5-8;1-9-7-5-3-2-4-6(7)8;6-3-1-2-4(7)9-5(3)8;1-2/h7H,2-6H2,1H3;2-5H,8H2,1H3;1-2H,6H2,(H4,7,8,9);1-2H3. The second-order valence-corrected chi connectivity index (χ2v) is 6.25. The number of hydrogen-bond donors (Lipinski definition) is 4. The van der Waals surface area contributed by atoms with Crippen molar-refractivity contribution < 1.29 is 9.53 Å². The predicted octanol–water partition coefficient (Wildman–Crippen LogP) is 1.91. The summed E-state index contributed by atoms with van der Waals surface area (Å²) in [6, 6.07) is 10.6. The first-order chi connectivity index (χ1) is 14.4. The average Bonchev–Trinajstić information content (AvgIpc) is 2.98. The molecule has 0 unspecified atom stereocenters. The van der Waals surface area contributed by atoms with Crippen LogP contribution < -0.4 is 27.7 Å². The first-order valence-corrected chi connectivity index (χ1v) is 9.91. The maximum Gasteiger partial charge on any atom is 0.209 e. The number of carbonyl (C=O) groups excluding carboxylic acids is 1. The number of rotatable bonds is 2. The minimum atomic E-state index is 0.287. The van der Waals surface area contributed by atoms with Gasteiger partial charge in [-0.2, -0.15) is 0 Å². The van der Waals surface area contributed by atoms with Crippen molar-refractivity contribution in [3.63, 3.8) is 0 Å². The average molecular weight is 420 g/mol. The molecular formula is C21H37N7O2. The zero-order valence-corrected chi connectivity index (χ0v) is 18.5. The van der Waals surface area contributed by atoms with E-state index < -0.39 is 0 Å². The Morgan fingerprint density at radius 2 is 1.60 bits per heavy atom. The van der Waals surface area contributed by atoms with Gasteiger partial charge in [-0.25, -0.2) is 4.98 Å². The largest absolute Gasteiger partial charge is 0.495 e. The Labute approximate surface area is 180 Å². The Balaban J connectivity index is 0.000000404. The summed E-state index contributed by atoms with van der Waals surface area (Å²) in [7, 11) is 3.69. The molecule has 0 atom stereocenters. The molecule has 2 aromatic rings. The molecule has 1 aliphatic heterocycles. The number of methoxy groups -OCH3 is 1. The van der Waals surface area contributed by atoms with E-state index in [1.807, 2.05) is 36.9 Å². The van der Waals surface area contributed by atoms with Crippen LogP contribution in [-0.2, 0) is 4.79 Å². The zero-order chi connectivity index (χ0) is 22.9. The molecule has 1 fully saturated rings. The number of pyridine rings is 1. The van der Waals surface area contributed by atoms with Gasteiger partial charge in [-0.1, -0.05) is 26.0 Å². The molecule has 9 heteroatoms. The molecule has 3 rings (SSSR count). The fraction of sp³-hybridized carbons (Fsp3) is 0.429. The van der Waals surface area contributed by atoms with E-state index in [0.717, 1.165) is 44.8 Å². The van der Waals surface area contributed by atoms with Crippen molar-refractivity contribution >= 4 is 29.4 Å². The molecule has 1 aromatic carbocycles. The van der Waals surface area contributed by atoms with E-state index in [4.69, 9.17) is 27.7 Å². The SMILES string of the molecule is CC.CN1CCCN(C=O)CC1.COc1ccccc1N.Nc1ccc(N)c(N)n1. The molecular weight excluding hydrogens is 382 g/mol. The third kappa shape index (κ3) is 11.0. The van der Waals surface area contributed by atoms with Gasteiger partial charge in [-0.15, -0.1) is 0 Å². The van der Waals surface area contributed by atoms with Crippen LogP contribution in [0.1, 0.15) is 20.3 Å². The fourth-order valence-corrected chi connectivity index (χ4v) is 2.34. The van der Waals surface area contributed by atoms with Crippen LogP contribution >= 0.6 is 0 Å². The number of para-hydroxylation sites is 2. The lowest BCUT2D eigenvalue weighted by atomic mass is 10.3. The highest BCUT2D eigenvalue weighted by molar-refractivity contribution is 5.60. The number of likely N-dealkylation sites (N-methyl/N-ethyl adjacent to an activating group) is 1. The molecule has 0 bridgehead atoms. The Morgan fingerprint density at radius 3 is 2.10 bits per heavy atom. The summed E-state index contributed by atoms with van der Waals surface area (Å²) in [5.74, 6) is 1.41. The van der Waals surface area contributed by atoms with Gasteiger partial charge in [0.25, 0.3) is 0 Å². The first-order valence-electron chi connectivity index (χ1n) is 9.91. The van der Waals surface area contributed by atoms with Crippen LogP contribution in [0.15, 0.2) is 36.4 Å². The Morgan fingerprint density at radius 1 is 0.933 bits per heavy atom. The summed E-state index contributed by atoms with van der Waals surface area (Å²) < 4.78 is 4.92. The summed E-state index contributed by atoms with van der Waals surface area (Å²) in [4.78, 5) is 18.1. The Bertz CT molecular complexity index is 728. The minimum Gasteiger partial charge on any atom is -0.495 e. The van der Waals surface area contributed by atoms with Crippen LogP contribution in [0.25, 0.3) is 0 Å². The van der Waals surface area contributed by atoms with Gasteiger partial charge in [-0.3, -0.25) is 4.79 Å². The van der Waals surface area contributed by atoms with Gasteiger partial charge in [0.05, 0.1) is 18.5 Å². The van der Waals surface area contributed by atoms with Crippen molar-refractivity contribution in [2.24, 2.45) is 0 Å². The molecule has 0 spiro atoms. The van der Waals surface area contributed by atoms with Gasteiger partial charge in [0.15, 0.2) is 0 Å². The summed E-state index contributed by atoms with van der Waals surface area (Å²) in [5, 5.41) is 0. The van der Waals surface area contributed by atoms with Crippen LogP contribution in [0.5, 0.6) is 5.75 Å². The van der Waals surface area contributed by atoms with E-state index in [2.05, 4.69) is 16.9 Å². The van der Waals surface area contributed by atoms with Crippen molar-refractivity contribution in [2.75, 3.05) is 63.3 Å². The smallest absolute Gasteiger partial charge is 0.209 e. The predicted molar refractivity (Wildman–Crippen MR) is 126 cm³/mol.